The third kappa shape index (κ3) is 5.01. The highest BCUT2D eigenvalue weighted by Crippen LogP contribution is 2.38. The number of hydrogen-bond donors (Lipinski definition) is 3. The maximum absolute atomic E-state index is 12.8. The van der Waals surface area contributed by atoms with Crippen LogP contribution in [-0.2, 0) is 0 Å². The van der Waals surface area contributed by atoms with Gasteiger partial charge < -0.3 is 25.2 Å². The average Bonchev–Trinajstić information content (AvgIpc) is 2.88. The number of amides is 1. The molecule has 10 heteroatoms. The molecule has 1 heterocycles. The van der Waals surface area contributed by atoms with Crippen LogP contribution in [-0.4, -0.2) is 48.2 Å². The number of nitrogens with one attached hydrogen (secondary N) is 2. The van der Waals surface area contributed by atoms with Gasteiger partial charge in [0.15, 0.2) is 11.5 Å². The molecule has 186 valence electrons. The van der Waals surface area contributed by atoms with E-state index in [1.54, 1.807) is 33.4 Å². The first-order chi connectivity index (χ1) is 16.9. The van der Waals surface area contributed by atoms with E-state index in [0.29, 0.717) is 39.9 Å². The molecule has 0 aliphatic heterocycles. The second-order valence-corrected chi connectivity index (χ2v) is 7.68. The van der Waals surface area contributed by atoms with Crippen LogP contribution in [0.25, 0.3) is 22.2 Å². The zero-order valence-electron chi connectivity index (χ0n) is 20.1. The summed E-state index contributed by atoms with van der Waals surface area (Å²) in [5.41, 5.74) is 4.02. The summed E-state index contributed by atoms with van der Waals surface area (Å²) in [7, 11) is 4.87. The van der Waals surface area contributed by atoms with Gasteiger partial charge in [-0.2, -0.15) is 0 Å². The number of nitrogens with zero attached hydrogens (tertiary/aromatic N) is 2. The number of aromatic carboxylic acids is 1. The largest absolute Gasteiger partial charge is 0.493 e. The highest BCUT2D eigenvalue weighted by Gasteiger charge is 2.18. The molecule has 0 atom stereocenters. The van der Waals surface area contributed by atoms with E-state index in [2.05, 4.69) is 15.6 Å². The van der Waals surface area contributed by atoms with Crippen LogP contribution in [0.3, 0.4) is 0 Å². The molecule has 1 aromatic heterocycles. The number of rotatable bonds is 7. The lowest BCUT2D eigenvalue weighted by molar-refractivity contribution is 0.0696. The molecule has 3 aromatic carbocycles. The van der Waals surface area contributed by atoms with Crippen LogP contribution in [0.5, 0.6) is 11.5 Å². The number of carboxylic acids is 1. The van der Waals surface area contributed by atoms with Crippen molar-refractivity contribution in [3.05, 3.63) is 71.3 Å². The monoisotopic (exact) mass is 508 g/mol. The fourth-order valence-electron chi connectivity index (χ4n) is 3.76. The number of halogens is 1. The van der Waals surface area contributed by atoms with E-state index in [4.69, 9.17) is 19.6 Å². The predicted octanol–water partition coefficient (Wildman–Crippen LogP) is 5.04. The third-order valence-electron chi connectivity index (χ3n) is 5.66. The molecule has 0 saturated carbocycles. The molecule has 3 N–H and O–H groups in total. The summed E-state index contributed by atoms with van der Waals surface area (Å²) in [5, 5.41) is 15.7. The van der Waals surface area contributed by atoms with E-state index in [1.807, 2.05) is 25.1 Å². The number of hydrogen-bond acceptors (Lipinski definition) is 7. The van der Waals surface area contributed by atoms with Crippen LogP contribution in [0.4, 0.5) is 11.6 Å². The van der Waals surface area contributed by atoms with Crippen LogP contribution in [0.2, 0.25) is 0 Å². The maximum Gasteiger partial charge on any atom is 0.335 e. The SMILES string of the molecule is CNc1nc(-c2cccc(NC(=O)c3ccc(C(=O)O)cc3)c2C)c2cc(OC)c(OC)cc2n1.Cl. The number of benzene rings is 3. The molecular formula is C26H25ClN4O5. The van der Waals surface area contributed by atoms with Gasteiger partial charge in [0.25, 0.3) is 5.91 Å². The number of ether oxygens (including phenoxy) is 2. The summed E-state index contributed by atoms with van der Waals surface area (Å²) < 4.78 is 10.9. The minimum atomic E-state index is -1.05. The van der Waals surface area contributed by atoms with Crippen molar-refractivity contribution in [1.29, 1.82) is 0 Å². The Balaban J connectivity index is 0.00000361. The van der Waals surface area contributed by atoms with Crippen molar-refractivity contribution >= 4 is 46.8 Å². The van der Waals surface area contributed by atoms with E-state index in [0.717, 1.165) is 16.5 Å². The van der Waals surface area contributed by atoms with Crippen molar-refractivity contribution < 1.29 is 24.2 Å². The van der Waals surface area contributed by atoms with Crippen molar-refractivity contribution in [1.82, 2.24) is 9.97 Å². The first-order valence-corrected chi connectivity index (χ1v) is 10.7. The molecular weight excluding hydrogens is 484 g/mol. The summed E-state index contributed by atoms with van der Waals surface area (Å²) in [5.74, 6) is 0.143. The maximum atomic E-state index is 12.8. The Kier molecular flexibility index (Phi) is 7.96. The van der Waals surface area contributed by atoms with Gasteiger partial charge in [-0.05, 0) is 48.9 Å². The minimum Gasteiger partial charge on any atom is -0.493 e. The second kappa shape index (κ2) is 10.9. The highest BCUT2D eigenvalue weighted by atomic mass is 35.5. The zero-order chi connectivity index (χ0) is 25.1. The van der Waals surface area contributed by atoms with Crippen LogP contribution in [0.15, 0.2) is 54.6 Å². The van der Waals surface area contributed by atoms with Gasteiger partial charge in [-0.15, -0.1) is 12.4 Å². The molecule has 36 heavy (non-hydrogen) atoms. The Labute approximate surface area is 213 Å². The van der Waals surface area contributed by atoms with Crippen molar-refractivity contribution in [2.24, 2.45) is 0 Å². The molecule has 1 amide bonds. The molecule has 0 aliphatic rings. The number of carbonyl (C=O) groups is 2. The zero-order valence-corrected chi connectivity index (χ0v) is 20.9. The minimum absolute atomic E-state index is 0. The normalized spacial score (nSPS) is 10.3. The van der Waals surface area contributed by atoms with Crippen molar-refractivity contribution in [3.63, 3.8) is 0 Å². The van der Waals surface area contributed by atoms with Gasteiger partial charge in [0.2, 0.25) is 5.95 Å². The Morgan fingerprint density at radius 3 is 2.17 bits per heavy atom. The summed E-state index contributed by atoms with van der Waals surface area (Å²) >= 11 is 0. The van der Waals surface area contributed by atoms with Gasteiger partial charge in [-0.3, -0.25) is 4.79 Å². The summed E-state index contributed by atoms with van der Waals surface area (Å²) in [4.78, 5) is 33.2. The fourth-order valence-corrected chi connectivity index (χ4v) is 3.76. The quantitative estimate of drug-likeness (QED) is 0.317. The topological polar surface area (TPSA) is 123 Å². The molecule has 0 unspecified atom stereocenters. The Morgan fingerprint density at radius 2 is 1.56 bits per heavy atom. The molecule has 0 saturated heterocycles. The fraction of sp³-hybridized carbons (Fsp3) is 0.154. The van der Waals surface area contributed by atoms with Crippen LogP contribution < -0.4 is 20.1 Å². The first-order valence-electron chi connectivity index (χ1n) is 10.7. The molecule has 0 fully saturated rings. The van der Waals surface area contributed by atoms with Gasteiger partial charge >= 0.3 is 5.97 Å². The summed E-state index contributed by atoms with van der Waals surface area (Å²) in [6.07, 6.45) is 0. The Bertz CT molecular complexity index is 1440. The lowest BCUT2D eigenvalue weighted by Gasteiger charge is -2.16. The van der Waals surface area contributed by atoms with Gasteiger partial charge in [0, 0.05) is 35.3 Å². The molecule has 4 rings (SSSR count). The third-order valence-corrected chi connectivity index (χ3v) is 5.66. The van der Waals surface area contributed by atoms with Crippen molar-refractivity contribution in [3.8, 4) is 22.8 Å². The number of aromatic nitrogens is 2. The smallest absolute Gasteiger partial charge is 0.335 e. The van der Waals surface area contributed by atoms with E-state index in [1.165, 1.54) is 24.3 Å². The van der Waals surface area contributed by atoms with Gasteiger partial charge in [0.1, 0.15) is 0 Å². The molecule has 9 nitrogen and oxygen atoms in total. The molecule has 0 radical (unpaired) electrons. The lowest BCUT2D eigenvalue weighted by atomic mass is 9.99. The Hall–Kier alpha value is -4.37. The average molecular weight is 509 g/mol. The van der Waals surface area contributed by atoms with Crippen LogP contribution in [0.1, 0.15) is 26.3 Å². The van der Waals surface area contributed by atoms with E-state index in [-0.39, 0.29) is 23.9 Å². The number of anilines is 2. The molecule has 0 aliphatic carbocycles. The van der Waals surface area contributed by atoms with Crippen molar-refractivity contribution in [2.45, 2.75) is 6.92 Å². The van der Waals surface area contributed by atoms with E-state index < -0.39 is 5.97 Å². The van der Waals surface area contributed by atoms with Crippen molar-refractivity contribution in [2.75, 3.05) is 31.9 Å². The van der Waals surface area contributed by atoms with Gasteiger partial charge in [0.05, 0.1) is 31.0 Å². The van der Waals surface area contributed by atoms with Crippen LogP contribution >= 0.6 is 12.4 Å². The Morgan fingerprint density at radius 1 is 0.917 bits per heavy atom. The number of fused-ring (bicyclic) bond motifs is 1. The van der Waals surface area contributed by atoms with Gasteiger partial charge in [-0.1, -0.05) is 12.1 Å². The predicted molar refractivity (Wildman–Crippen MR) is 141 cm³/mol. The summed E-state index contributed by atoms with van der Waals surface area (Å²) in [6, 6.07) is 14.9. The number of carbonyl (C=O) groups excluding carboxylic acids is 1. The molecule has 0 bridgehead atoms. The summed E-state index contributed by atoms with van der Waals surface area (Å²) in [6.45, 7) is 1.90. The number of methoxy groups -OCH3 is 2. The van der Waals surface area contributed by atoms with E-state index >= 15 is 0 Å². The second-order valence-electron chi connectivity index (χ2n) is 7.68. The van der Waals surface area contributed by atoms with Gasteiger partial charge in [-0.25, -0.2) is 14.8 Å². The lowest BCUT2D eigenvalue weighted by Crippen LogP contribution is -2.13. The van der Waals surface area contributed by atoms with E-state index in [9.17, 15) is 9.59 Å². The first kappa shape index (κ1) is 26.2. The van der Waals surface area contributed by atoms with Crippen LogP contribution in [0, 0.1) is 6.92 Å². The standard InChI is InChI=1S/C26H24N4O5.ClH/c1-14-17(6-5-7-19(14)28-24(31)15-8-10-16(11-9-15)25(32)33)23-18-12-21(34-3)22(35-4)13-20(18)29-26(27-2)30-23;/h5-13H,1-4H3,(H,28,31)(H,32,33)(H,27,29,30);1H. The molecule has 4 aromatic rings. The highest BCUT2D eigenvalue weighted by molar-refractivity contribution is 6.06. The molecule has 0 spiro atoms. The number of carboxylic acid groups (broad SMARTS) is 1.